The Morgan fingerprint density at radius 2 is 1.32 bits per heavy atom. The number of hydrogen-bond donors (Lipinski definition) is 0. The zero-order valence-electron chi connectivity index (χ0n) is 13.6. The molecule has 2 atom stereocenters. The predicted molar refractivity (Wildman–Crippen MR) is 80.4 cm³/mol. The van der Waals surface area contributed by atoms with E-state index < -0.39 is 23.8 Å². The summed E-state index contributed by atoms with van der Waals surface area (Å²) in [6.45, 7) is 2.05. The van der Waals surface area contributed by atoms with Crippen LogP contribution in [-0.2, 0) is 34.9 Å². The first kappa shape index (κ1) is 15.6. The molecule has 1 aromatic rings. The molecule has 2 aliphatic heterocycles. The van der Waals surface area contributed by atoms with Crippen molar-refractivity contribution in [3.05, 3.63) is 47.0 Å². The summed E-state index contributed by atoms with van der Waals surface area (Å²) in [7, 11) is 6.43. The van der Waals surface area contributed by atoms with Gasteiger partial charge in [-0.1, -0.05) is 23.8 Å². The molecule has 1 aromatic carbocycles. The topological polar surface area (TPSA) is 46.2 Å². The van der Waals surface area contributed by atoms with Crippen molar-refractivity contribution in [2.24, 2.45) is 0 Å². The minimum atomic E-state index is -0.792. The average Bonchev–Trinajstić information content (AvgIpc) is 3.03. The highest BCUT2D eigenvalue weighted by atomic mass is 16.7. The summed E-state index contributed by atoms with van der Waals surface area (Å²) in [6.07, 6.45) is 2.86. The van der Waals surface area contributed by atoms with Crippen LogP contribution in [0.5, 0.6) is 0 Å². The first-order chi connectivity index (χ1) is 10.6. The largest absolute Gasteiger partial charge is 0.352 e. The molecule has 5 nitrogen and oxygen atoms in total. The van der Waals surface area contributed by atoms with E-state index >= 15 is 0 Å². The van der Waals surface area contributed by atoms with E-state index in [1.807, 2.05) is 12.2 Å². The molecule has 0 saturated carbocycles. The highest BCUT2D eigenvalue weighted by Crippen LogP contribution is 2.58. The molecule has 0 aromatic heterocycles. The third-order valence-electron chi connectivity index (χ3n) is 4.49. The number of rotatable bonds is 6. The van der Waals surface area contributed by atoms with Gasteiger partial charge in [0.1, 0.15) is 0 Å². The van der Waals surface area contributed by atoms with Crippen molar-refractivity contribution in [1.82, 2.24) is 0 Å². The van der Waals surface area contributed by atoms with Gasteiger partial charge in [-0.2, -0.15) is 0 Å². The zero-order chi connectivity index (χ0) is 16.0. The third-order valence-corrected chi connectivity index (χ3v) is 4.49. The first-order valence-electron chi connectivity index (χ1n) is 7.21. The van der Waals surface area contributed by atoms with E-state index in [0.717, 1.165) is 16.7 Å². The molecule has 0 saturated heterocycles. The Morgan fingerprint density at radius 3 is 1.82 bits per heavy atom. The summed E-state index contributed by atoms with van der Waals surface area (Å²) < 4.78 is 28.5. The highest BCUT2D eigenvalue weighted by Gasteiger charge is 2.63. The number of ether oxygens (including phenoxy) is 5. The van der Waals surface area contributed by atoms with Crippen LogP contribution in [0.3, 0.4) is 0 Å². The number of methoxy groups -OCH3 is 4. The van der Waals surface area contributed by atoms with Gasteiger partial charge in [0.05, 0.1) is 0 Å². The van der Waals surface area contributed by atoms with Crippen LogP contribution in [0.25, 0.3) is 0 Å². The Kier molecular flexibility index (Phi) is 3.87. The Hall–Kier alpha value is -1.24. The summed E-state index contributed by atoms with van der Waals surface area (Å²) >= 11 is 0. The van der Waals surface area contributed by atoms with Gasteiger partial charge in [0, 0.05) is 28.4 Å². The minimum Gasteiger partial charge on any atom is -0.352 e. The Labute approximate surface area is 130 Å². The predicted octanol–water partition coefficient (Wildman–Crippen LogP) is 2.22. The Balaban J connectivity index is 2.20. The molecule has 0 radical (unpaired) electrons. The number of benzene rings is 1. The smallest absolute Gasteiger partial charge is 0.194 e. The molecule has 0 N–H and O–H groups in total. The fourth-order valence-electron chi connectivity index (χ4n) is 3.61. The van der Waals surface area contributed by atoms with Crippen LogP contribution < -0.4 is 0 Å². The molecular weight excluding hydrogens is 284 g/mol. The normalized spacial score (nSPS) is 28.9. The molecule has 0 aliphatic carbocycles. The lowest BCUT2D eigenvalue weighted by atomic mass is 9.80. The molecular formula is C17H22O5. The summed E-state index contributed by atoms with van der Waals surface area (Å²) in [5, 5.41) is 0. The molecule has 2 aliphatic rings. The van der Waals surface area contributed by atoms with Gasteiger partial charge in [-0.05, 0) is 30.2 Å². The van der Waals surface area contributed by atoms with Crippen molar-refractivity contribution in [3.8, 4) is 0 Å². The van der Waals surface area contributed by atoms with Crippen molar-refractivity contribution in [2.75, 3.05) is 28.4 Å². The maximum absolute atomic E-state index is 6.45. The third kappa shape index (κ3) is 1.84. The van der Waals surface area contributed by atoms with Gasteiger partial charge in [-0.15, -0.1) is 0 Å². The van der Waals surface area contributed by atoms with Crippen LogP contribution in [0.4, 0.5) is 0 Å². The van der Waals surface area contributed by atoms with E-state index in [9.17, 15) is 0 Å². The molecule has 5 heteroatoms. The van der Waals surface area contributed by atoms with E-state index in [2.05, 4.69) is 25.1 Å². The van der Waals surface area contributed by atoms with Crippen LogP contribution in [-0.4, -0.2) is 41.0 Å². The van der Waals surface area contributed by atoms with Gasteiger partial charge in [0.2, 0.25) is 0 Å². The number of hydrogen-bond acceptors (Lipinski definition) is 5. The van der Waals surface area contributed by atoms with Crippen molar-refractivity contribution in [1.29, 1.82) is 0 Å². The summed E-state index contributed by atoms with van der Waals surface area (Å²) in [4.78, 5) is 0. The van der Waals surface area contributed by atoms with Crippen LogP contribution in [0, 0.1) is 6.92 Å². The van der Waals surface area contributed by atoms with E-state index in [1.165, 1.54) is 0 Å². The summed E-state index contributed by atoms with van der Waals surface area (Å²) in [5.74, 6) is 0. The molecule has 2 bridgehead atoms. The SMILES string of the molecule is COC(OC)C12C=CC(C(OC)OC)(O1)c1cc(C)ccc12. The maximum Gasteiger partial charge on any atom is 0.194 e. The quantitative estimate of drug-likeness (QED) is 0.596. The van der Waals surface area contributed by atoms with Crippen molar-refractivity contribution < 1.29 is 23.7 Å². The minimum absolute atomic E-state index is 0.552. The van der Waals surface area contributed by atoms with Gasteiger partial charge in [0.25, 0.3) is 0 Å². The Bertz CT molecular complexity index is 591. The summed E-state index contributed by atoms with van der Waals surface area (Å²) in [5.41, 5.74) is 1.62. The lowest BCUT2D eigenvalue weighted by molar-refractivity contribution is -0.276. The van der Waals surface area contributed by atoms with E-state index in [-0.39, 0.29) is 0 Å². The monoisotopic (exact) mass is 306 g/mol. The van der Waals surface area contributed by atoms with Crippen LogP contribution in [0.2, 0.25) is 0 Å². The molecule has 2 heterocycles. The first-order valence-corrected chi connectivity index (χ1v) is 7.21. The van der Waals surface area contributed by atoms with Crippen molar-refractivity contribution in [3.63, 3.8) is 0 Å². The van der Waals surface area contributed by atoms with E-state index in [1.54, 1.807) is 28.4 Å². The molecule has 2 unspecified atom stereocenters. The second kappa shape index (κ2) is 5.44. The molecule has 3 rings (SSSR count). The van der Waals surface area contributed by atoms with Crippen molar-refractivity contribution >= 4 is 0 Å². The fraction of sp³-hybridized carbons (Fsp3) is 0.529. The van der Waals surface area contributed by atoms with Crippen LogP contribution in [0.1, 0.15) is 16.7 Å². The molecule has 120 valence electrons. The van der Waals surface area contributed by atoms with Crippen LogP contribution in [0.15, 0.2) is 30.4 Å². The molecule has 0 amide bonds. The number of aryl methyl sites for hydroxylation is 1. The lowest BCUT2D eigenvalue weighted by Gasteiger charge is -2.33. The van der Waals surface area contributed by atoms with Crippen LogP contribution >= 0.6 is 0 Å². The van der Waals surface area contributed by atoms with Crippen molar-refractivity contribution in [2.45, 2.75) is 30.7 Å². The van der Waals surface area contributed by atoms with Gasteiger partial charge in [-0.25, -0.2) is 0 Å². The maximum atomic E-state index is 6.45. The molecule has 0 spiro atoms. The fourth-order valence-corrected chi connectivity index (χ4v) is 3.61. The standard InChI is InChI=1S/C17H22O5/c1-11-6-7-12-13(10-11)17(15(20-4)21-5)9-8-16(12,22-17)14(18-2)19-3/h6-10,14-15H,1-5H3. The zero-order valence-corrected chi connectivity index (χ0v) is 13.6. The second-order valence-electron chi connectivity index (χ2n) is 5.68. The highest BCUT2D eigenvalue weighted by molar-refractivity contribution is 5.53. The van der Waals surface area contributed by atoms with Gasteiger partial charge >= 0.3 is 0 Å². The second-order valence-corrected chi connectivity index (χ2v) is 5.68. The van der Waals surface area contributed by atoms with Gasteiger partial charge in [-0.3, -0.25) is 0 Å². The summed E-state index contributed by atoms with van der Waals surface area (Å²) in [6, 6.07) is 6.22. The Morgan fingerprint density at radius 1 is 0.818 bits per heavy atom. The molecule has 0 fully saturated rings. The molecule has 22 heavy (non-hydrogen) atoms. The average molecular weight is 306 g/mol. The van der Waals surface area contributed by atoms with Gasteiger partial charge < -0.3 is 23.7 Å². The van der Waals surface area contributed by atoms with E-state index in [0.29, 0.717) is 0 Å². The van der Waals surface area contributed by atoms with Gasteiger partial charge in [0.15, 0.2) is 23.8 Å². The number of fused-ring (bicyclic) bond motifs is 5. The lowest BCUT2D eigenvalue weighted by Crippen LogP contribution is -2.42. The van der Waals surface area contributed by atoms with E-state index in [4.69, 9.17) is 23.7 Å².